The highest BCUT2D eigenvalue weighted by molar-refractivity contribution is 5.90. The van der Waals surface area contributed by atoms with E-state index in [1.807, 2.05) is 0 Å². The molecular weight excluding hydrogens is 313 g/mol. The number of benzene rings is 1. The normalized spacial score (nSPS) is 11.0. The van der Waals surface area contributed by atoms with E-state index in [1.54, 1.807) is 6.92 Å². The Morgan fingerprint density at radius 3 is 2.70 bits per heavy atom. The molecule has 1 aromatic rings. The molecule has 0 aromatic heterocycles. The van der Waals surface area contributed by atoms with Gasteiger partial charge in [-0.1, -0.05) is 6.08 Å². The lowest BCUT2D eigenvalue weighted by Crippen LogP contribution is -2.37. The molecule has 2 amide bonds. The number of aliphatic hydroxyl groups excluding tert-OH is 1. The SMILES string of the molecule is C=CCN(CCO)C(=O)Nc1ccc(OCC)cc1C(F)(F)F. The second kappa shape index (κ2) is 8.42. The highest BCUT2D eigenvalue weighted by Crippen LogP contribution is 2.37. The third-order valence-electron chi connectivity index (χ3n) is 2.86. The maximum atomic E-state index is 13.1. The standard InChI is InChI=1S/C15H19F3N2O3/c1-3-7-20(8-9-21)14(22)19-13-6-5-11(23-4-2)10-12(13)15(16,17)18/h3,5-6,10,21H,1,4,7-9H2,2H3,(H,19,22). The average Bonchev–Trinajstić information content (AvgIpc) is 2.47. The van der Waals surface area contributed by atoms with Crippen molar-refractivity contribution >= 4 is 11.7 Å². The zero-order valence-corrected chi connectivity index (χ0v) is 12.7. The molecule has 23 heavy (non-hydrogen) atoms. The molecule has 0 unspecified atom stereocenters. The molecule has 0 aliphatic rings. The highest BCUT2D eigenvalue weighted by Gasteiger charge is 2.34. The Morgan fingerprint density at radius 2 is 2.17 bits per heavy atom. The number of anilines is 1. The number of amides is 2. The van der Waals surface area contributed by atoms with Crippen molar-refractivity contribution in [2.75, 3.05) is 31.6 Å². The van der Waals surface area contributed by atoms with Crippen LogP contribution in [0.3, 0.4) is 0 Å². The number of alkyl halides is 3. The van der Waals surface area contributed by atoms with Crippen molar-refractivity contribution in [3.8, 4) is 5.75 Å². The molecule has 0 atom stereocenters. The zero-order valence-electron chi connectivity index (χ0n) is 12.7. The first-order chi connectivity index (χ1) is 10.8. The van der Waals surface area contributed by atoms with Gasteiger partial charge in [-0.3, -0.25) is 0 Å². The number of rotatable bonds is 7. The number of ether oxygens (including phenoxy) is 1. The molecule has 0 saturated carbocycles. The van der Waals surface area contributed by atoms with E-state index in [2.05, 4.69) is 11.9 Å². The van der Waals surface area contributed by atoms with Crippen molar-refractivity contribution in [2.45, 2.75) is 13.1 Å². The maximum Gasteiger partial charge on any atom is 0.418 e. The molecule has 128 valence electrons. The van der Waals surface area contributed by atoms with Gasteiger partial charge >= 0.3 is 12.2 Å². The minimum Gasteiger partial charge on any atom is -0.494 e. The summed E-state index contributed by atoms with van der Waals surface area (Å²) in [5.41, 5.74) is -1.38. The highest BCUT2D eigenvalue weighted by atomic mass is 19.4. The summed E-state index contributed by atoms with van der Waals surface area (Å²) in [5, 5.41) is 11.1. The van der Waals surface area contributed by atoms with E-state index in [4.69, 9.17) is 9.84 Å². The molecule has 0 bridgehead atoms. The van der Waals surface area contributed by atoms with Gasteiger partial charge in [0.2, 0.25) is 0 Å². The van der Waals surface area contributed by atoms with Gasteiger partial charge < -0.3 is 20.1 Å². The van der Waals surface area contributed by atoms with Gasteiger partial charge in [-0.25, -0.2) is 4.79 Å². The number of nitrogens with one attached hydrogen (secondary N) is 1. The second-order valence-corrected chi connectivity index (χ2v) is 4.53. The lowest BCUT2D eigenvalue weighted by atomic mass is 10.1. The molecule has 8 heteroatoms. The van der Waals surface area contributed by atoms with Crippen molar-refractivity contribution in [3.05, 3.63) is 36.4 Å². The third-order valence-corrected chi connectivity index (χ3v) is 2.86. The largest absolute Gasteiger partial charge is 0.494 e. The molecule has 0 saturated heterocycles. The van der Waals surface area contributed by atoms with E-state index in [0.29, 0.717) is 0 Å². The summed E-state index contributed by atoms with van der Waals surface area (Å²) < 4.78 is 44.5. The van der Waals surface area contributed by atoms with Gasteiger partial charge in [-0.2, -0.15) is 13.2 Å². The molecule has 1 rings (SSSR count). The molecule has 1 aromatic carbocycles. The summed E-state index contributed by atoms with van der Waals surface area (Å²) >= 11 is 0. The second-order valence-electron chi connectivity index (χ2n) is 4.53. The van der Waals surface area contributed by atoms with Crippen LogP contribution in [0.2, 0.25) is 0 Å². The van der Waals surface area contributed by atoms with Gasteiger partial charge in [-0.05, 0) is 25.1 Å². The van der Waals surface area contributed by atoms with Crippen LogP contribution in [-0.4, -0.2) is 42.3 Å². The molecule has 0 aliphatic heterocycles. The fourth-order valence-electron chi connectivity index (χ4n) is 1.87. The zero-order chi connectivity index (χ0) is 17.5. The third kappa shape index (κ3) is 5.48. The van der Waals surface area contributed by atoms with E-state index in [-0.39, 0.29) is 37.7 Å². The number of aliphatic hydroxyl groups is 1. The number of hydrogen-bond acceptors (Lipinski definition) is 3. The van der Waals surface area contributed by atoms with E-state index >= 15 is 0 Å². The summed E-state index contributed by atoms with van der Waals surface area (Å²) in [6.07, 6.45) is -3.23. The number of hydrogen-bond donors (Lipinski definition) is 2. The number of nitrogens with zero attached hydrogens (tertiary/aromatic N) is 1. The summed E-state index contributed by atoms with van der Waals surface area (Å²) in [7, 11) is 0. The smallest absolute Gasteiger partial charge is 0.418 e. The number of carbonyl (C=O) groups is 1. The van der Waals surface area contributed by atoms with Crippen molar-refractivity contribution in [1.29, 1.82) is 0 Å². The quantitative estimate of drug-likeness (QED) is 0.754. The van der Waals surface area contributed by atoms with E-state index in [9.17, 15) is 18.0 Å². The Labute approximate surface area is 132 Å². The summed E-state index contributed by atoms with van der Waals surface area (Å²) in [6.45, 7) is 5.12. The molecule has 0 spiro atoms. The Bertz CT molecular complexity index is 547. The molecular formula is C15H19F3N2O3. The van der Waals surface area contributed by atoms with Gasteiger partial charge in [0.05, 0.1) is 24.5 Å². The maximum absolute atomic E-state index is 13.1. The Kier molecular flexibility index (Phi) is 6.89. The molecule has 5 nitrogen and oxygen atoms in total. The van der Waals surface area contributed by atoms with Gasteiger partial charge in [0.25, 0.3) is 0 Å². The van der Waals surface area contributed by atoms with Crippen LogP contribution in [0.1, 0.15) is 12.5 Å². The lowest BCUT2D eigenvalue weighted by Gasteiger charge is -2.22. The van der Waals surface area contributed by atoms with E-state index < -0.39 is 17.8 Å². The molecule has 2 N–H and O–H groups in total. The summed E-state index contributed by atoms with van der Waals surface area (Å²) in [4.78, 5) is 13.2. The lowest BCUT2D eigenvalue weighted by molar-refractivity contribution is -0.137. The fraction of sp³-hybridized carbons (Fsp3) is 0.400. The van der Waals surface area contributed by atoms with Crippen molar-refractivity contribution in [3.63, 3.8) is 0 Å². The van der Waals surface area contributed by atoms with Gasteiger partial charge in [0.1, 0.15) is 5.75 Å². The number of urea groups is 1. The summed E-state index contributed by atoms with van der Waals surface area (Å²) in [5.74, 6) is 0.0659. The first-order valence-corrected chi connectivity index (χ1v) is 6.95. The molecule has 0 fully saturated rings. The van der Waals surface area contributed by atoms with Crippen LogP contribution < -0.4 is 10.1 Å². The first-order valence-electron chi connectivity index (χ1n) is 6.95. The molecule has 0 radical (unpaired) electrons. The monoisotopic (exact) mass is 332 g/mol. The van der Waals surface area contributed by atoms with Crippen LogP contribution in [0, 0.1) is 0 Å². The van der Waals surface area contributed by atoms with Crippen molar-refractivity contribution in [1.82, 2.24) is 4.90 Å². The predicted molar refractivity (Wildman–Crippen MR) is 80.5 cm³/mol. The Balaban J connectivity index is 3.06. The van der Waals surface area contributed by atoms with Gasteiger partial charge in [-0.15, -0.1) is 6.58 Å². The van der Waals surface area contributed by atoms with Crippen LogP contribution in [0.4, 0.5) is 23.7 Å². The van der Waals surface area contributed by atoms with Crippen LogP contribution in [0.5, 0.6) is 5.75 Å². The number of carbonyl (C=O) groups excluding carboxylic acids is 1. The van der Waals surface area contributed by atoms with Crippen molar-refractivity contribution < 1.29 is 27.8 Å². The van der Waals surface area contributed by atoms with Crippen molar-refractivity contribution in [2.24, 2.45) is 0 Å². The molecule has 0 heterocycles. The van der Waals surface area contributed by atoms with Gasteiger partial charge in [0.15, 0.2) is 0 Å². The van der Waals surface area contributed by atoms with Crippen LogP contribution >= 0.6 is 0 Å². The summed E-state index contributed by atoms with van der Waals surface area (Å²) in [6, 6.07) is 2.56. The van der Waals surface area contributed by atoms with E-state index in [1.165, 1.54) is 12.1 Å². The van der Waals surface area contributed by atoms with Gasteiger partial charge in [0, 0.05) is 13.1 Å². The van der Waals surface area contributed by atoms with E-state index in [0.717, 1.165) is 17.0 Å². The Hall–Kier alpha value is -2.22. The van der Waals surface area contributed by atoms with Crippen LogP contribution in [0.25, 0.3) is 0 Å². The van der Waals surface area contributed by atoms with Crippen LogP contribution in [0.15, 0.2) is 30.9 Å². The minimum absolute atomic E-state index is 0.0176. The number of halogens is 3. The van der Waals surface area contributed by atoms with Crippen LogP contribution in [-0.2, 0) is 6.18 Å². The molecule has 0 aliphatic carbocycles. The Morgan fingerprint density at radius 1 is 1.48 bits per heavy atom. The average molecular weight is 332 g/mol. The fourth-order valence-corrected chi connectivity index (χ4v) is 1.87. The topological polar surface area (TPSA) is 61.8 Å². The minimum atomic E-state index is -4.64. The predicted octanol–water partition coefficient (Wildman–Crippen LogP) is 3.12. The first kappa shape index (κ1) is 18.8.